The highest BCUT2D eigenvalue weighted by Gasteiger charge is 2.59. The SMILES string of the molecule is CCOc1cc(C(=O)N2C[C@@H]3[C@H]4CN(C(=O)c5ccc6n[nH]nc6c5)C[C@H]4[C@@H]3C2)nc2c1CCCC2. The molecule has 2 saturated heterocycles. The van der Waals surface area contributed by atoms with Crippen LogP contribution >= 0.6 is 0 Å². The topological polar surface area (TPSA) is 104 Å². The van der Waals surface area contributed by atoms with E-state index in [1.807, 2.05) is 41.0 Å². The Hall–Kier alpha value is -3.49. The number of nitrogens with zero attached hydrogens (tertiary/aromatic N) is 5. The molecule has 2 aliphatic heterocycles. The largest absolute Gasteiger partial charge is 0.493 e. The summed E-state index contributed by atoms with van der Waals surface area (Å²) in [6.45, 7) is 5.59. The Morgan fingerprint density at radius 1 is 0.917 bits per heavy atom. The molecule has 0 radical (unpaired) electrons. The van der Waals surface area contributed by atoms with Gasteiger partial charge in [0.25, 0.3) is 11.8 Å². The maximum absolute atomic E-state index is 13.5. The van der Waals surface area contributed by atoms with Crippen molar-refractivity contribution in [1.82, 2.24) is 30.2 Å². The minimum absolute atomic E-state index is 0.0191. The summed E-state index contributed by atoms with van der Waals surface area (Å²) < 4.78 is 5.91. The lowest BCUT2D eigenvalue weighted by Gasteiger charge is -2.42. The third-order valence-corrected chi connectivity index (χ3v) is 8.84. The number of hydrogen-bond donors (Lipinski definition) is 1. The highest BCUT2D eigenvalue weighted by molar-refractivity contribution is 5.97. The van der Waals surface area contributed by atoms with E-state index in [-0.39, 0.29) is 11.8 Å². The Morgan fingerprint density at radius 3 is 2.31 bits per heavy atom. The fraction of sp³-hybridized carbons (Fsp3) is 0.519. The number of hydrogen-bond acceptors (Lipinski definition) is 6. The fourth-order valence-electron chi connectivity index (χ4n) is 7.09. The smallest absolute Gasteiger partial charge is 0.272 e. The molecule has 36 heavy (non-hydrogen) atoms. The lowest BCUT2D eigenvalue weighted by Crippen LogP contribution is -2.44. The van der Waals surface area contributed by atoms with Crippen LogP contribution in [0.15, 0.2) is 24.3 Å². The number of likely N-dealkylation sites (tertiary alicyclic amines) is 2. The van der Waals surface area contributed by atoms with Gasteiger partial charge in [-0.25, -0.2) is 4.98 Å². The molecule has 2 amide bonds. The molecule has 3 fully saturated rings. The Morgan fingerprint density at radius 2 is 1.58 bits per heavy atom. The van der Waals surface area contributed by atoms with E-state index in [1.54, 1.807) is 0 Å². The molecule has 3 aromatic rings. The quantitative estimate of drug-likeness (QED) is 0.608. The monoisotopic (exact) mass is 486 g/mol. The van der Waals surface area contributed by atoms with Gasteiger partial charge in [0.2, 0.25) is 0 Å². The summed E-state index contributed by atoms with van der Waals surface area (Å²) >= 11 is 0. The van der Waals surface area contributed by atoms with Crippen LogP contribution in [0.4, 0.5) is 0 Å². The van der Waals surface area contributed by atoms with Gasteiger partial charge in [-0.1, -0.05) is 0 Å². The molecule has 4 atom stereocenters. The van der Waals surface area contributed by atoms with Crippen molar-refractivity contribution in [3.05, 3.63) is 46.8 Å². The fourth-order valence-corrected chi connectivity index (χ4v) is 7.09. The molecule has 0 spiro atoms. The first kappa shape index (κ1) is 21.8. The number of aromatic amines is 1. The van der Waals surface area contributed by atoms with Gasteiger partial charge in [-0.05, 0) is 74.5 Å². The number of rotatable bonds is 4. The van der Waals surface area contributed by atoms with Crippen molar-refractivity contribution in [2.24, 2.45) is 23.7 Å². The van der Waals surface area contributed by atoms with Crippen LogP contribution in [0.1, 0.15) is 51.9 Å². The van der Waals surface area contributed by atoms with Gasteiger partial charge >= 0.3 is 0 Å². The van der Waals surface area contributed by atoms with E-state index < -0.39 is 0 Å². The Bertz CT molecular complexity index is 1350. The van der Waals surface area contributed by atoms with Crippen molar-refractivity contribution in [3.8, 4) is 5.75 Å². The summed E-state index contributed by atoms with van der Waals surface area (Å²) in [7, 11) is 0. The lowest BCUT2D eigenvalue weighted by atomic mass is 9.60. The number of aryl methyl sites for hydroxylation is 1. The van der Waals surface area contributed by atoms with Crippen molar-refractivity contribution in [2.45, 2.75) is 32.6 Å². The third kappa shape index (κ3) is 3.32. The minimum Gasteiger partial charge on any atom is -0.493 e. The highest BCUT2D eigenvalue weighted by Crippen LogP contribution is 2.54. The van der Waals surface area contributed by atoms with Crippen LogP contribution < -0.4 is 4.74 Å². The molecule has 2 aliphatic carbocycles. The first-order valence-corrected chi connectivity index (χ1v) is 13.2. The van der Waals surface area contributed by atoms with E-state index in [0.29, 0.717) is 47.1 Å². The van der Waals surface area contributed by atoms with E-state index >= 15 is 0 Å². The zero-order valence-corrected chi connectivity index (χ0v) is 20.4. The van der Waals surface area contributed by atoms with Gasteiger partial charge in [0.15, 0.2) is 0 Å². The lowest BCUT2D eigenvalue weighted by molar-refractivity contribution is 0.0629. The summed E-state index contributed by atoms with van der Waals surface area (Å²) in [5.41, 5.74) is 4.86. The second-order valence-electron chi connectivity index (χ2n) is 10.7. The number of fused-ring (bicyclic) bond motifs is 6. The summed E-state index contributed by atoms with van der Waals surface area (Å²) in [6, 6.07) is 7.34. The maximum Gasteiger partial charge on any atom is 0.272 e. The van der Waals surface area contributed by atoms with Crippen molar-refractivity contribution in [3.63, 3.8) is 0 Å². The molecule has 1 N–H and O–H groups in total. The van der Waals surface area contributed by atoms with Crippen molar-refractivity contribution < 1.29 is 14.3 Å². The number of aromatic nitrogens is 4. The average molecular weight is 487 g/mol. The zero-order chi connectivity index (χ0) is 24.4. The van der Waals surface area contributed by atoms with Crippen LogP contribution in [0.2, 0.25) is 0 Å². The summed E-state index contributed by atoms with van der Waals surface area (Å²) in [6.07, 6.45) is 4.15. The number of carbonyl (C=O) groups excluding carboxylic acids is 2. The molecule has 4 aliphatic rings. The number of benzene rings is 1. The maximum atomic E-state index is 13.5. The van der Waals surface area contributed by atoms with E-state index in [2.05, 4.69) is 15.4 Å². The van der Waals surface area contributed by atoms with E-state index in [9.17, 15) is 9.59 Å². The van der Waals surface area contributed by atoms with Gasteiger partial charge in [-0.3, -0.25) is 9.59 Å². The van der Waals surface area contributed by atoms with E-state index in [0.717, 1.165) is 68.8 Å². The number of nitrogens with one attached hydrogen (secondary N) is 1. The molecular weight excluding hydrogens is 456 g/mol. The normalized spacial score (nSPS) is 26.4. The molecule has 0 unspecified atom stereocenters. The predicted octanol–water partition coefficient (Wildman–Crippen LogP) is 2.72. The van der Waals surface area contributed by atoms with Crippen molar-refractivity contribution >= 4 is 22.8 Å². The molecule has 7 rings (SSSR count). The second-order valence-corrected chi connectivity index (χ2v) is 10.7. The summed E-state index contributed by atoms with van der Waals surface area (Å²) in [4.78, 5) is 35.5. The Labute approximate surface area is 209 Å². The molecule has 1 saturated carbocycles. The molecule has 1 aromatic carbocycles. The van der Waals surface area contributed by atoms with E-state index in [1.165, 1.54) is 5.56 Å². The standard InChI is InChI=1S/C27H30N6O3/c1-2-36-25-10-24(28-21-6-4-3-5-16(21)25)27(35)33-13-19-17-11-32(12-18(17)20(19)14-33)26(34)15-7-8-22-23(9-15)30-31-29-22/h7-10,17-20H,2-6,11-14H2,1H3,(H,29,30,31)/t17-,18+,19+,20-. The number of H-pyrrole nitrogens is 1. The molecule has 0 bridgehead atoms. The first-order valence-electron chi connectivity index (χ1n) is 13.2. The molecule has 9 nitrogen and oxygen atoms in total. The average Bonchev–Trinajstić information content (AvgIpc) is 3.62. The number of amides is 2. The molecule has 2 aromatic heterocycles. The summed E-state index contributed by atoms with van der Waals surface area (Å²) in [5, 5.41) is 10.8. The number of pyridine rings is 1. The van der Waals surface area contributed by atoms with Crippen LogP contribution in [-0.2, 0) is 12.8 Å². The van der Waals surface area contributed by atoms with Crippen LogP contribution in [0, 0.1) is 23.7 Å². The summed E-state index contributed by atoms with van der Waals surface area (Å²) in [5.74, 6) is 2.75. The Kier molecular flexibility index (Phi) is 5.01. The van der Waals surface area contributed by atoms with Crippen LogP contribution in [0.3, 0.4) is 0 Å². The van der Waals surface area contributed by atoms with Gasteiger partial charge in [-0.15, -0.1) is 0 Å². The Balaban J connectivity index is 1.04. The third-order valence-electron chi connectivity index (χ3n) is 8.84. The molecule has 186 valence electrons. The number of carbonyl (C=O) groups is 2. The van der Waals surface area contributed by atoms with Gasteiger partial charge in [-0.2, -0.15) is 15.4 Å². The number of ether oxygens (including phenoxy) is 1. The van der Waals surface area contributed by atoms with Crippen LogP contribution in [0.25, 0.3) is 11.0 Å². The molecular formula is C27H30N6O3. The van der Waals surface area contributed by atoms with Crippen LogP contribution in [0.5, 0.6) is 5.75 Å². The minimum atomic E-state index is 0.0191. The zero-order valence-electron chi connectivity index (χ0n) is 20.4. The first-order chi connectivity index (χ1) is 17.6. The van der Waals surface area contributed by atoms with Gasteiger partial charge in [0, 0.05) is 49.1 Å². The van der Waals surface area contributed by atoms with Gasteiger partial charge < -0.3 is 14.5 Å². The van der Waals surface area contributed by atoms with Gasteiger partial charge in [0.05, 0.1) is 6.61 Å². The predicted molar refractivity (Wildman–Crippen MR) is 132 cm³/mol. The molecule has 4 heterocycles. The van der Waals surface area contributed by atoms with E-state index in [4.69, 9.17) is 9.72 Å². The van der Waals surface area contributed by atoms with Gasteiger partial charge in [0.1, 0.15) is 22.5 Å². The van der Waals surface area contributed by atoms with Crippen molar-refractivity contribution in [1.29, 1.82) is 0 Å². The van der Waals surface area contributed by atoms with Crippen LogP contribution in [-0.4, -0.2) is 74.8 Å². The second kappa shape index (κ2) is 8.28. The van der Waals surface area contributed by atoms with Crippen molar-refractivity contribution in [2.75, 3.05) is 32.8 Å². The molecule has 9 heteroatoms. The highest BCUT2D eigenvalue weighted by atomic mass is 16.5.